The van der Waals surface area contributed by atoms with Crippen molar-refractivity contribution in [2.75, 3.05) is 11.1 Å². The molecule has 2 aromatic carbocycles. The number of nitrogens with two attached hydrogens (primary N) is 1. The maximum atomic E-state index is 5.97. The van der Waals surface area contributed by atoms with E-state index in [1.807, 2.05) is 31.2 Å². The molecule has 4 heteroatoms. The van der Waals surface area contributed by atoms with Crippen LogP contribution >= 0.6 is 38.5 Å². The van der Waals surface area contributed by atoms with E-state index in [1.165, 1.54) is 3.57 Å². The third-order valence-corrected chi connectivity index (χ3v) is 3.73. The molecule has 0 aliphatic rings. The van der Waals surface area contributed by atoms with Crippen molar-refractivity contribution >= 4 is 55.6 Å². The van der Waals surface area contributed by atoms with Gasteiger partial charge < -0.3 is 11.1 Å². The van der Waals surface area contributed by atoms with Crippen LogP contribution in [0.15, 0.2) is 40.9 Å². The number of nitrogens with one attached hydrogen (secondary N) is 1. The molecule has 0 aromatic heterocycles. The van der Waals surface area contributed by atoms with Gasteiger partial charge in [0, 0.05) is 8.04 Å². The van der Waals surface area contributed by atoms with Gasteiger partial charge in [-0.25, -0.2) is 0 Å². The number of aryl methyl sites for hydroxylation is 1. The molecule has 2 aromatic rings. The molecular formula is C13H12BrIN2. The minimum Gasteiger partial charge on any atom is -0.397 e. The van der Waals surface area contributed by atoms with Gasteiger partial charge in [0.25, 0.3) is 0 Å². The highest BCUT2D eigenvalue weighted by atomic mass is 127. The van der Waals surface area contributed by atoms with Crippen LogP contribution in [0.25, 0.3) is 0 Å². The summed E-state index contributed by atoms with van der Waals surface area (Å²) >= 11 is 5.82. The second-order valence-electron chi connectivity index (χ2n) is 3.84. The van der Waals surface area contributed by atoms with Crippen molar-refractivity contribution in [1.82, 2.24) is 0 Å². The van der Waals surface area contributed by atoms with E-state index in [9.17, 15) is 0 Å². The lowest BCUT2D eigenvalue weighted by Crippen LogP contribution is -1.97. The fraction of sp³-hybridized carbons (Fsp3) is 0.0769. The van der Waals surface area contributed by atoms with Crippen LogP contribution in [0.5, 0.6) is 0 Å². The smallest absolute Gasteiger partial charge is 0.0618 e. The van der Waals surface area contributed by atoms with Crippen LogP contribution in [0, 0.1) is 10.5 Å². The van der Waals surface area contributed by atoms with Gasteiger partial charge in [0.1, 0.15) is 0 Å². The molecule has 0 aliphatic heterocycles. The normalized spacial score (nSPS) is 10.3. The largest absolute Gasteiger partial charge is 0.397 e. The van der Waals surface area contributed by atoms with Gasteiger partial charge in [-0.05, 0) is 81.3 Å². The first-order valence-electron chi connectivity index (χ1n) is 5.14. The Hall–Kier alpha value is -0.750. The van der Waals surface area contributed by atoms with E-state index in [0.29, 0.717) is 0 Å². The average molecular weight is 403 g/mol. The summed E-state index contributed by atoms with van der Waals surface area (Å²) in [5, 5.41) is 3.32. The maximum Gasteiger partial charge on any atom is 0.0618 e. The molecule has 0 unspecified atom stereocenters. The van der Waals surface area contributed by atoms with Crippen molar-refractivity contribution in [1.29, 1.82) is 0 Å². The molecule has 0 bridgehead atoms. The fourth-order valence-corrected chi connectivity index (χ4v) is 2.93. The number of anilines is 3. The molecule has 0 spiro atoms. The zero-order valence-corrected chi connectivity index (χ0v) is 13.0. The predicted octanol–water partition coefficient (Wildman–Crippen LogP) is 4.69. The molecule has 0 fully saturated rings. The van der Waals surface area contributed by atoms with Gasteiger partial charge in [0.15, 0.2) is 0 Å². The fourth-order valence-electron chi connectivity index (χ4n) is 1.53. The highest BCUT2D eigenvalue weighted by Crippen LogP contribution is 2.30. The number of rotatable bonds is 2. The zero-order chi connectivity index (χ0) is 12.4. The Labute approximate surface area is 123 Å². The van der Waals surface area contributed by atoms with Crippen LogP contribution in [0.2, 0.25) is 0 Å². The van der Waals surface area contributed by atoms with Gasteiger partial charge in [-0.1, -0.05) is 6.07 Å². The number of benzene rings is 2. The standard InChI is InChI=1S/C13H12BrIN2/c1-8-2-4-13(11(16)6-8)17-12-5-3-9(15)7-10(12)14/h2-7,17H,16H2,1H3. The van der Waals surface area contributed by atoms with E-state index in [2.05, 4.69) is 56.0 Å². The summed E-state index contributed by atoms with van der Waals surface area (Å²) < 4.78 is 2.22. The third-order valence-electron chi connectivity index (χ3n) is 2.41. The number of hydrogen-bond acceptors (Lipinski definition) is 2. The Balaban J connectivity index is 2.31. The van der Waals surface area contributed by atoms with Crippen LogP contribution in [0.1, 0.15) is 5.56 Å². The summed E-state index contributed by atoms with van der Waals surface area (Å²) in [6.07, 6.45) is 0. The lowest BCUT2D eigenvalue weighted by molar-refractivity contribution is 1.44. The molecule has 2 nitrogen and oxygen atoms in total. The minimum atomic E-state index is 0.760. The molecule has 0 atom stereocenters. The molecule has 0 amide bonds. The van der Waals surface area contributed by atoms with E-state index < -0.39 is 0 Å². The van der Waals surface area contributed by atoms with Crippen LogP contribution < -0.4 is 11.1 Å². The Bertz CT molecular complexity index is 506. The highest BCUT2D eigenvalue weighted by Gasteiger charge is 2.03. The summed E-state index contributed by atoms with van der Waals surface area (Å²) in [5.41, 5.74) is 9.83. The van der Waals surface area contributed by atoms with Gasteiger partial charge in [-0.15, -0.1) is 0 Å². The SMILES string of the molecule is Cc1ccc(Nc2ccc(I)cc2Br)c(N)c1. The minimum absolute atomic E-state index is 0.760. The van der Waals surface area contributed by atoms with E-state index in [4.69, 9.17) is 5.73 Å². The maximum absolute atomic E-state index is 5.97. The Kier molecular flexibility index (Phi) is 3.93. The molecular weight excluding hydrogens is 391 g/mol. The molecule has 88 valence electrons. The number of halogens is 2. The average Bonchev–Trinajstić information content (AvgIpc) is 2.25. The monoisotopic (exact) mass is 402 g/mol. The molecule has 0 radical (unpaired) electrons. The van der Waals surface area contributed by atoms with Crippen LogP contribution in [0.3, 0.4) is 0 Å². The van der Waals surface area contributed by atoms with E-state index in [-0.39, 0.29) is 0 Å². The molecule has 17 heavy (non-hydrogen) atoms. The van der Waals surface area contributed by atoms with Crippen LogP contribution in [-0.4, -0.2) is 0 Å². The number of nitrogen functional groups attached to an aromatic ring is 1. The molecule has 0 saturated carbocycles. The van der Waals surface area contributed by atoms with Gasteiger partial charge in [0.2, 0.25) is 0 Å². The van der Waals surface area contributed by atoms with Crippen molar-refractivity contribution in [3.8, 4) is 0 Å². The summed E-state index contributed by atoms with van der Waals surface area (Å²) in [6.45, 7) is 2.03. The Morgan fingerprint density at radius 1 is 1.12 bits per heavy atom. The van der Waals surface area contributed by atoms with Crippen LogP contribution in [-0.2, 0) is 0 Å². The second kappa shape index (κ2) is 5.27. The topological polar surface area (TPSA) is 38.0 Å². The Morgan fingerprint density at radius 3 is 2.47 bits per heavy atom. The van der Waals surface area contributed by atoms with E-state index in [0.717, 1.165) is 27.1 Å². The lowest BCUT2D eigenvalue weighted by Gasteiger charge is -2.11. The molecule has 0 aliphatic carbocycles. The van der Waals surface area contributed by atoms with Crippen LogP contribution in [0.4, 0.5) is 17.1 Å². The zero-order valence-electron chi connectivity index (χ0n) is 9.30. The summed E-state index contributed by atoms with van der Waals surface area (Å²) in [4.78, 5) is 0. The molecule has 0 saturated heterocycles. The van der Waals surface area contributed by atoms with Gasteiger partial charge in [-0.3, -0.25) is 0 Å². The summed E-state index contributed by atoms with van der Waals surface area (Å²) in [6, 6.07) is 12.1. The van der Waals surface area contributed by atoms with Crippen molar-refractivity contribution in [3.63, 3.8) is 0 Å². The van der Waals surface area contributed by atoms with Gasteiger partial charge >= 0.3 is 0 Å². The third kappa shape index (κ3) is 3.13. The van der Waals surface area contributed by atoms with Gasteiger partial charge in [0.05, 0.1) is 17.1 Å². The van der Waals surface area contributed by atoms with E-state index in [1.54, 1.807) is 0 Å². The summed E-state index contributed by atoms with van der Waals surface area (Å²) in [5.74, 6) is 0. The van der Waals surface area contributed by atoms with Crippen molar-refractivity contribution in [2.24, 2.45) is 0 Å². The summed E-state index contributed by atoms with van der Waals surface area (Å²) in [7, 11) is 0. The first-order valence-corrected chi connectivity index (χ1v) is 7.01. The first-order chi connectivity index (χ1) is 8.06. The van der Waals surface area contributed by atoms with Crippen molar-refractivity contribution in [2.45, 2.75) is 6.92 Å². The van der Waals surface area contributed by atoms with E-state index >= 15 is 0 Å². The molecule has 0 heterocycles. The lowest BCUT2D eigenvalue weighted by atomic mass is 10.2. The van der Waals surface area contributed by atoms with Crippen molar-refractivity contribution in [3.05, 3.63) is 50.0 Å². The first kappa shape index (κ1) is 12.7. The van der Waals surface area contributed by atoms with Crippen molar-refractivity contribution < 1.29 is 0 Å². The Morgan fingerprint density at radius 2 is 1.82 bits per heavy atom. The van der Waals surface area contributed by atoms with Gasteiger partial charge in [-0.2, -0.15) is 0 Å². The predicted molar refractivity (Wildman–Crippen MR) is 85.7 cm³/mol. The highest BCUT2D eigenvalue weighted by molar-refractivity contribution is 14.1. The molecule has 3 N–H and O–H groups in total. The second-order valence-corrected chi connectivity index (χ2v) is 5.94. The quantitative estimate of drug-likeness (QED) is 0.565. The number of hydrogen-bond donors (Lipinski definition) is 2. The molecule has 2 rings (SSSR count).